The zero-order valence-corrected chi connectivity index (χ0v) is 12.7. The zero-order valence-electron chi connectivity index (χ0n) is 12.7. The predicted molar refractivity (Wildman–Crippen MR) is 74.0 cm³/mol. The van der Waals surface area contributed by atoms with Crippen molar-refractivity contribution in [1.82, 2.24) is 0 Å². The molecule has 1 aliphatic carbocycles. The smallest absolute Gasteiger partial charge is 0.332 e. The Bertz CT molecular complexity index is 277. The van der Waals surface area contributed by atoms with Gasteiger partial charge in [0.2, 0.25) is 0 Å². The maximum Gasteiger partial charge on any atom is 0.332 e. The van der Waals surface area contributed by atoms with Crippen molar-refractivity contribution >= 4 is 5.97 Å². The van der Waals surface area contributed by atoms with Crippen LogP contribution in [0.5, 0.6) is 0 Å². The van der Waals surface area contributed by atoms with Gasteiger partial charge in [-0.2, -0.15) is 0 Å². The second-order valence-electron chi connectivity index (χ2n) is 5.94. The minimum atomic E-state index is -0.292. The van der Waals surface area contributed by atoms with E-state index < -0.39 is 0 Å². The molecule has 112 valence electrons. The molecule has 1 rings (SSSR count). The molecule has 0 spiro atoms. The fourth-order valence-electron chi connectivity index (χ4n) is 2.83. The van der Waals surface area contributed by atoms with Gasteiger partial charge in [-0.25, -0.2) is 4.79 Å². The first-order chi connectivity index (χ1) is 9.00. The monoisotopic (exact) mass is 272 g/mol. The number of carbonyl (C=O) groups is 1. The Balaban J connectivity index is 2.46. The first-order valence-corrected chi connectivity index (χ1v) is 7.28. The van der Waals surface area contributed by atoms with E-state index in [0.717, 1.165) is 19.3 Å². The van der Waals surface area contributed by atoms with E-state index in [4.69, 9.17) is 14.2 Å². The molecule has 1 fully saturated rings. The first-order valence-electron chi connectivity index (χ1n) is 7.28. The fourth-order valence-corrected chi connectivity index (χ4v) is 2.83. The van der Waals surface area contributed by atoms with Crippen molar-refractivity contribution in [2.24, 2.45) is 11.8 Å². The lowest BCUT2D eigenvalue weighted by atomic mass is 9.73. The van der Waals surface area contributed by atoms with Gasteiger partial charge in [0.05, 0.1) is 13.2 Å². The summed E-state index contributed by atoms with van der Waals surface area (Å²) in [5, 5.41) is 0. The molecule has 0 aromatic carbocycles. The molecule has 4 nitrogen and oxygen atoms in total. The summed E-state index contributed by atoms with van der Waals surface area (Å²) in [6.45, 7) is 7.45. The fraction of sp³-hybridized carbons (Fsp3) is 0.933. The third kappa shape index (κ3) is 5.11. The van der Waals surface area contributed by atoms with E-state index in [1.807, 2.05) is 0 Å². The highest BCUT2D eigenvalue weighted by Gasteiger charge is 2.41. The Morgan fingerprint density at radius 2 is 2.11 bits per heavy atom. The minimum absolute atomic E-state index is 0.0201. The standard InChI is InChI=1S/C15H28O4/c1-12(2)15(7-5-6-13(3)10-15)19-14(16)11-18-9-8-17-4/h12-13H,5-11H2,1-4H3. The molecule has 2 unspecified atom stereocenters. The van der Waals surface area contributed by atoms with Crippen molar-refractivity contribution in [3.05, 3.63) is 0 Å². The van der Waals surface area contributed by atoms with Gasteiger partial charge in [0, 0.05) is 7.11 Å². The summed E-state index contributed by atoms with van der Waals surface area (Å²) in [6.07, 6.45) is 4.31. The molecule has 0 aliphatic heterocycles. The number of hydrogen-bond donors (Lipinski definition) is 0. The molecule has 0 radical (unpaired) electrons. The molecule has 0 amide bonds. The van der Waals surface area contributed by atoms with Crippen molar-refractivity contribution in [2.75, 3.05) is 26.9 Å². The molecule has 0 aromatic rings. The number of carbonyl (C=O) groups excluding carboxylic acids is 1. The molecule has 4 heteroatoms. The average molecular weight is 272 g/mol. The van der Waals surface area contributed by atoms with Crippen LogP contribution in [0, 0.1) is 11.8 Å². The molecule has 0 bridgehead atoms. The van der Waals surface area contributed by atoms with E-state index in [0.29, 0.717) is 25.0 Å². The molecular formula is C15H28O4. The molecule has 0 N–H and O–H groups in total. The van der Waals surface area contributed by atoms with Crippen LogP contribution in [0.4, 0.5) is 0 Å². The van der Waals surface area contributed by atoms with Crippen LogP contribution in [-0.2, 0) is 19.0 Å². The Morgan fingerprint density at radius 1 is 1.37 bits per heavy atom. The SMILES string of the molecule is COCCOCC(=O)OC1(C(C)C)CCCC(C)C1. The van der Waals surface area contributed by atoms with E-state index >= 15 is 0 Å². The average Bonchev–Trinajstić information content (AvgIpc) is 2.34. The number of methoxy groups -OCH3 is 1. The number of esters is 1. The largest absolute Gasteiger partial charge is 0.457 e. The summed E-state index contributed by atoms with van der Waals surface area (Å²) in [5.74, 6) is 0.718. The summed E-state index contributed by atoms with van der Waals surface area (Å²) in [7, 11) is 1.61. The van der Waals surface area contributed by atoms with Gasteiger partial charge in [0.1, 0.15) is 12.2 Å². The lowest BCUT2D eigenvalue weighted by Gasteiger charge is -2.42. The van der Waals surface area contributed by atoms with Crippen molar-refractivity contribution in [3.8, 4) is 0 Å². The number of rotatable bonds is 7. The summed E-state index contributed by atoms with van der Waals surface area (Å²) < 4.78 is 15.9. The second-order valence-corrected chi connectivity index (χ2v) is 5.94. The normalized spacial score (nSPS) is 27.5. The highest BCUT2D eigenvalue weighted by Crippen LogP contribution is 2.40. The van der Waals surface area contributed by atoms with Crippen molar-refractivity contribution < 1.29 is 19.0 Å². The Kier molecular flexibility index (Phi) is 6.80. The van der Waals surface area contributed by atoms with Gasteiger partial charge in [0.15, 0.2) is 0 Å². The quantitative estimate of drug-likeness (QED) is 0.528. The number of ether oxygens (including phenoxy) is 3. The Morgan fingerprint density at radius 3 is 2.68 bits per heavy atom. The van der Waals surface area contributed by atoms with Crippen molar-refractivity contribution in [2.45, 2.75) is 52.1 Å². The molecule has 1 saturated carbocycles. The van der Waals surface area contributed by atoms with E-state index in [9.17, 15) is 4.79 Å². The molecule has 0 saturated heterocycles. The van der Waals surface area contributed by atoms with Crippen LogP contribution < -0.4 is 0 Å². The van der Waals surface area contributed by atoms with Crippen LogP contribution in [0.1, 0.15) is 46.5 Å². The summed E-state index contributed by atoms with van der Waals surface area (Å²) >= 11 is 0. The van der Waals surface area contributed by atoms with Crippen LogP contribution in [0.15, 0.2) is 0 Å². The lowest BCUT2D eigenvalue weighted by molar-refractivity contribution is -0.177. The Hall–Kier alpha value is -0.610. The van der Waals surface area contributed by atoms with Gasteiger partial charge in [-0.15, -0.1) is 0 Å². The Labute approximate surface area is 116 Å². The van der Waals surface area contributed by atoms with Gasteiger partial charge >= 0.3 is 5.97 Å². The third-order valence-electron chi connectivity index (χ3n) is 4.01. The highest BCUT2D eigenvalue weighted by molar-refractivity contribution is 5.71. The van der Waals surface area contributed by atoms with Gasteiger partial charge < -0.3 is 14.2 Å². The van der Waals surface area contributed by atoms with E-state index in [-0.39, 0.29) is 18.2 Å². The topological polar surface area (TPSA) is 44.8 Å². The van der Waals surface area contributed by atoms with Gasteiger partial charge in [-0.05, 0) is 31.1 Å². The summed E-state index contributed by atoms with van der Waals surface area (Å²) in [4.78, 5) is 11.9. The van der Waals surface area contributed by atoms with Crippen molar-refractivity contribution in [1.29, 1.82) is 0 Å². The summed E-state index contributed by atoms with van der Waals surface area (Å²) in [5.41, 5.74) is -0.292. The van der Waals surface area contributed by atoms with E-state index in [1.165, 1.54) is 6.42 Å². The van der Waals surface area contributed by atoms with Gasteiger partial charge in [-0.1, -0.05) is 27.2 Å². The van der Waals surface area contributed by atoms with Crippen LogP contribution in [-0.4, -0.2) is 38.5 Å². The highest BCUT2D eigenvalue weighted by atomic mass is 16.6. The molecular weight excluding hydrogens is 244 g/mol. The molecule has 0 heterocycles. The molecule has 0 aromatic heterocycles. The van der Waals surface area contributed by atoms with Gasteiger partial charge in [-0.3, -0.25) is 0 Å². The second kappa shape index (κ2) is 7.85. The molecule has 2 atom stereocenters. The first kappa shape index (κ1) is 16.4. The van der Waals surface area contributed by atoms with Crippen LogP contribution in [0.2, 0.25) is 0 Å². The van der Waals surface area contributed by atoms with Crippen molar-refractivity contribution in [3.63, 3.8) is 0 Å². The minimum Gasteiger partial charge on any atom is -0.457 e. The maximum absolute atomic E-state index is 11.9. The lowest BCUT2D eigenvalue weighted by Crippen LogP contribution is -2.45. The third-order valence-corrected chi connectivity index (χ3v) is 4.01. The van der Waals surface area contributed by atoms with Crippen LogP contribution in [0.25, 0.3) is 0 Å². The van der Waals surface area contributed by atoms with Crippen LogP contribution in [0.3, 0.4) is 0 Å². The number of hydrogen-bond acceptors (Lipinski definition) is 4. The zero-order chi connectivity index (χ0) is 14.3. The van der Waals surface area contributed by atoms with Gasteiger partial charge in [0.25, 0.3) is 0 Å². The van der Waals surface area contributed by atoms with E-state index in [1.54, 1.807) is 7.11 Å². The van der Waals surface area contributed by atoms with Crippen LogP contribution >= 0.6 is 0 Å². The molecule has 19 heavy (non-hydrogen) atoms. The predicted octanol–water partition coefficient (Wildman–Crippen LogP) is 2.80. The van der Waals surface area contributed by atoms with E-state index in [2.05, 4.69) is 20.8 Å². The maximum atomic E-state index is 11.9. The molecule has 1 aliphatic rings. The summed E-state index contributed by atoms with van der Waals surface area (Å²) in [6, 6.07) is 0.